The van der Waals surface area contributed by atoms with Gasteiger partial charge in [0.1, 0.15) is 5.75 Å². The molecule has 0 rings (SSSR count). The number of carbonyl (C=O) groups excluding carboxylic acids is 3. The maximum atomic E-state index is 12.1. The maximum Gasteiger partial charge on any atom is 0.199 e. The van der Waals surface area contributed by atoms with Crippen molar-refractivity contribution in [3.05, 3.63) is 0 Å². The maximum absolute atomic E-state index is 12.1. The molecule has 0 aliphatic heterocycles. The number of aliphatic hydroxyl groups is 2. The fourth-order valence-corrected chi connectivity index (χ4v) is 14.1. The van der Waals surface area contributed by atoms with E-state index in [1.54, 1.807) is 70.6 Å². The average molecular weight is 757 g/mol. The Labute approximate surface area is 277 Å². The van der Waals surface area contributed by atoms with Crippen molar-refractivity contribution in [3.63, 3.8) is 0 Å². The molecule has 0 radical (unpaired) electrons. The predicted octanol–water partition coefficient (Wildman–Crippen LogP) is 5.11. The Balaban J connectivity index is 3.37. The van der Waals surface area contributed by atoms with Gasteiger partial charge < -0.3 is 14.8 Å². The summed E-state index contributed by atoms with van der Waals surface area (Å²) in [6.07, 6.45) is 0. The molecule has 0 aliphatic rings. The number of aliphatic hydroxyl groups excluding tert-OH is 2. The lowest BCUT2D eigenvalue weighted by Gasteiger charge is -2.10. The molecule has 0 amide bonds. The number of rotatable bonds is 28. The van der Waals surface area contributed by atoms with Crippen molar-refractivity contribution in [2.75, 3.05) is 95.5 Å². The van der Waals surface area contributed by atoms with Crippen LogP contribution in [0.15, 0.2) is 0 Å². The third-order valence-corrected chi connectivity index (χ3v) is 17.5. The van der Waals surface area contributed by atoms with E-state index in [0.717, 1.165) is 45.4 Å². The monoisotopic (exact) mass is 756 g/mol. The van der Waals surface area contributed by atoms with E-state index >= 15 is 0 Å². The predicted molar refractivity (Wildman–Crippen MR) is 194 cm³/mol. The molecule has 0 fully saturated rings. The van der Waals surface area contributed by atoms with E-state index in [1.807, 2.05) is 0 Å². The fourth-order valence-electron chi connectivity index (χ4n) is 1.87. The summed E-state index contributed by atoms with van der Waals surface area (Å²) in [7, 11) is 0. The SMILES string of the molecule is O=C(CSCCSCC[S+]([O-])CSCCSCSC(=O)CSCCSCC(=O)SCSCO)SCSCO. The van der Waals surface area contributed by atoms with Crippen molar-refractivity contribution >= 4 is 156 Å². The molecule has 0 spiro atoms. The molecule has 0 aromatic carbocycles. The molecule has 0 bridgehead atoms. The Morgan fingerprint density at radius 3 is 1.39 bits per heavy atom. The largest absolute Gasteiger partial charge is 0.616 e. The van der Waals surface area contributed by atoms with Crippen molar-refractivity contribution in [1.29, 1.82) is 0 Å². The molecule has 0 aromatic heterocycles. The van der Waals surface area contributed by atoms with Crippen LogP contribution >= 0.6 is 129 Å². The highest BCUT2D eigenvalue weighted by molar-refractivity contribution is 8.26. The Bertz CT molecular complexity index is 593. The van der Waals surface area contributed by atoms with Gasteiger partial charge in [0.25, 0.3) is 0 Å². The highest BCUT2D eigenvalue weighted by Crippen LogP contribution is 2.20. The number of thioether (sulfide) groups is 11. The van der Waals surface area contributed by atoms with Crippen molar-refractivity contribution < 1.29 is 29.1 Å². The zero-order valence-corrected chi connectivity index (χ0v) is 30.7. The summed E-state index contributed by atoms with van der Waals surface area (Å²) < 4.78 is 12.1. The molecule has 0 aliphatic carbocycles. The van der Waals surface area contributed by atoms with Crippen molar-refractivity contribution in [1.82, 2.24) is 0 Å². The number of carbonyl (C=O) groups is 3. The second-order valence-electron chi connectivity index (χ2n) is 6.42. The van der Waals surface area contributed by atoms with Crippen molar-refractivity contribution in [3.8, 4) is 0 Å². The quantitative estimate of drug-likeness (QED) is 0.0626. The normalized spacial score (nSPS) is 12.1. The molecular formula is C20H36O6S12. The minimum Gasteiger partial charge on any atom is -0.616 e. The molecule has 0 aromatic rings. The van der Waals surface area contributed by atoms with Crippen LogP contribution in [0.5, 0.6) is 0 Å². The Morgan fingerprint density at radius 1 is 0.526 bits per heavy atom. The Hall–Kier alpha value is 3.09. The highest BCUT2D eigenvalue weighted by Gasteiger charge is 2.08. The first-order valence-electron chi connectivity index (χ1n) is 11.1. The molecular weight excluding hydrogens is 721 g/mol. The summed E-state index contributed by atoms with van der Waals surface area (Å²) in [5, 5.41) is 20.4. The topological polar surface area (TPSA) is 115 Å². The fraction of sp³-hybridized carbons (Fsp3) is 0.850. The van der Waals surface area contributed by atoms with Crippen LogP contribution in [-0.4, -0.2) is 126 Å². The number of hydrogen-bond acceptors (Lipinski definition) is 17. The molecule has 6 nitrogen and oxygen atoms in total. The van der Waals surface area contributed by atoms with Gasteiger partial charge in [-0.3, -0.25) is 14.4 Å². The second kappa shape index (κ2) is 33.0. The van der Waals surface area contributed by atoms with Gasteiger partial charge in [0.2, 0.25) is 0 Å². The highest BCUT2D eigenvalue weighted by atomic mass is 32.3. The summed E-state index contributed by atoms with van der Waals surface area (Å²) in [4.78, 5) is 35.1. The van der Waals surface area contributed by atoms with Crippen LogP contribution in [0.3, 0.4) is 0 Å². The smallest absolute Gasteiger partial charge is 0.199 e. The molecule has 0 heterocycles. The van der Waals surface area contributed by atoms with Crippen LogP contribution in [0, 0.1) is 0 Å². The van der Waals surface area contributed by atoms with Crippen molar-refractivity contribution in [2.24, 2.45) is 0 Å². The first-order valence-corrected chi connectivity index (χ1v) is 24.8. The minimum atomic E-state index is -0.813. The molecule has 0 saturated carbocycles. The molecule has 224 valence electrons. The van der Waals surface area contributed by atoms with Gasteiger partial charge in [-0.05, 0) is 11.2 Å². The van der Waals surface area contributed by atoms with Crippen LogP contribution in [-0.2, 0) is 25.6 Å². The van der Waals surface area contributed by atoms with E-state index in [1.165, 1.54) is 58.8 Å². The second-order valence-corrected chi connectivity index (χ2v) is 21.2. The van der Waals surface area contributed by atoms with Crippen LogP contribution < -0.4 is 0 Å². The summed E-state index contributed by atoms with van der Waals surface area (Å²) in [6, 6.07) is 0. The van der Waals surface area contributed by atoms with E-state index in [-0.39, 0.29) is 27.2 Å². The molecule has 1 atom stereocenters. The van der Waals surface area contributed by atoms with E-state index < -0.39 is 11.2 Å². The van der Waals surface area contributed by atoms with Gasteiger partial charge >= 0.3 is 0 Å². The van der Waals surface area contributed by atoms with Crippen LogP contribution in [0.2, 0.25) is 0 Å². The van der Waals surface area contributed by atoms with Gasteiger partial charge in [0, 0.05) is 55.5 Å². The van der Waals surface area contributed by atoms with Gasteiger partial charge in [-0.25, -0.2) is 0 Å². The summed E-state index contributed by atoms with van der Waals surface area (Å²) in [5.74, 6) is 8.55. The lowest BCUT2D eigenvalue weighted by atomic mass is 10.9. The molecule has 2 N–H and O–H groups in total. The molecule has 0 saturated heterocycles. The van der Waals surface area contributed by atoms with E-state index in [0.29, 0.717) is 38.3 Å². The van der Waals surface area contributed by atoms with E-state index in [2.05, 4.69) is 0 Å². The van der Waals surface area contributed by atoms with Gasteiger partial charge in [0.05, 0.1) is 29.1 Å². The van der Waals surface area contributed by atoms with E-state index in [9.17, 15) is 18.9 Å². The first-order chi connectivity index (χ1) is 18.5. The van der Waals surface area contributed by atoms with E-state index in [4.69, 9.17) is 10.2 Å². The lowest BCUT2D eigenvalue weighted by molar-refractivity contribution is -0.109. The third kappa shape index (κ3) is 32.0. The molecule has 1 unspecified atom stereocenters. The zero-order valence-electron chi connectivity index (χ0n) is 20.9. The van der Waals surface area contributed by atoms with Gasteiger partial charge in [-0.1, -0.05) is 35.3 Å². The van der Waals surface area contributed by atoms with Gasteiger partial charge in [-0.2, -0.15) is 47.0 Å². The third-order valence-electron chi connectivity index (χ3n) is 3.54. The summed E-state index contributed by atoms with van der Waals surface area (Å²) in [6.45, 7) is 0. The summed E-state index contributed by atoms with van der Waals surface area (Å²) >= 11 is 15.7. The van der Waals surface area contributed by atoms with Crippen LogP contribution in [0.1, 0.15) is 0 Å². The van der Waals surface area contributed by atoms with Crippen LogP contribution in [0.4, 0.5) is 0 Å². The summed E-state index contributed by atoms with van der Waals surface area (Å²) in [5.41, 5.74) is 0. The van der Waals surface area contributed by atoms with Crippen LogP contribution in [0.25, 0.3) is 0 Å². The first kappa shape index (κ1) is 41.1. The van der Waals surface area contributed by atoms with Crippen molar-refractivity contribution in [2.45, 2.75) is 0 Å². The average Bonchev–Trinajstić information content (AvgIpc) is 2.89. The number of hydrogen-bond donors (Lipinski definition) is 2. The Morgan fingerprint density at radius 2 is 0.921 bits per heavy atom. The lowest BCUT2D eigenvalue weighted by Crippen LogP contribution is -2.12. The Kier molecular flexibility index (Phi) is 35.7. The van der Waals surface area contributed by atoms with Gasteiger partial charge in [-0.15, -0.1) is 47.0 Å². The zero-order chi connectivity index (χ0) is 28.1. The molecule has 18 heteroatoms. The van der Waals surface area contributed by atoms with Gasteiger partial charge in [0.15, 0.2) is 20.4 Å². The molecule has 38 heavy (non-hydrogen) atoms. The standard InChI is InChI=1S/C20H36O6S12/c21-12-33-15-36-19(24)10-28-2-1-27-7-8-38(26)17-32-6-5-31-14-35-18(23)9-29-3-4-30-11-20(25)37-16-34-13-22/h21-22H,1-17H2. The minimum absolute atomic E-state index is 0.0385.